The van der Waals surface area contributed by atoms with Gasteiger partial charge >= 0.3 is 0 Å². The molecule has 0 bridgehead atoms. The Morgan fingerprint density at radius 2 is 2.00 bits per heavy atom. The molecular formula is C17H14N2OS. The van der Waals surface area contributed by atoms with E-state index in [1.807, 2.05) is 48.8 Å². The van der Waals surface area contributed by atoms with E-state index in [4.69, 9.17) is 0 Å². The van der Waals surface area contributed by atoms with Crippen LogP contribution in [0.5, 0.6) is 0 Å². The predicted molar refractivity (Wildman–Crippen MR) is 88.5 cm³/mol. The van der Waals surface area contributed by atoms with E-state index in [1.54, 1.807) is 29.7 Å². The number of hydrogen-bond donors (Lipinski definition) is 1. The number of thiophene rings is 1. The highest BCUT2D eigenvalue weighted by Crippen LogP contribution is 2.28. The van der Waals surface area contributed by atoms with Gasteiger partial charge in [0.15, 0.2) is 0 Å². The van der Waals surface area contributed by atoms with Gasteiger partial charge in [-0.1, -0.05) is 30.4 Å². The second-order valence-corrected chi connectivity index (χ2v) is 5.55. The van der Waals surface area contributed by atoms with Gasteiger partial charge in [-0.15, -0.1) is 11.3 Å². The number of allylic oxidation sites excluding steroid dienone is 6. The van der Waals surface area contributed by atoms with E-state index in [0.29, 0.717) is 5.57 Å². The Morgan fingerprint density at radius 3 is 2.90 bits per heavy atom. The van der Waals surface area contributed by atoms with Crippen molar-refractivity contribution in [1.82, 2.24) is 4.98 Å². The zero-order valence-corrected chi connectivity index (χ0v) is 12.4. The summed E-state index contributed by atoms with van der Waals surface area (Å²) in [5, 5.41) is 4.95. The lowest BCUT2D eigenvalue weighted by atomic mass is 10.1. The Labute approximate surface area is 127 Å². The quantitative estimate of drug-likeness (QED) is 0.904. The number of rotatable bonds is 2. The lowest BCUT2D eigenvalue weighted by Crippen LogP contribution is -2.14. The van der Waals surface area contributed by atoms with E-state index in [0.717, 1.165) is 21.5 Å². The Hall–Kier alpha value is -2.46. The average Bonchev–Trinajstić information content (AvgIpc) is 2.90. The third-order valence-corrected chi connectivity index (χ3v) is 4.25. The van der Waals surface area contributed by atoms with Crippen LogP contribution < -0.4 is 5.32 Å². The number of nitrogens with zero attached hydrogens (tertiary/aromatic N) is 1. The van der Waals surface area contributed by atoms with Crippen LogP contribution in [0.15, 0.2) is 65.7 Å². The van der Waals surface area contributed by atoms with Crippen LogP contribution in [0.25, 0.3) is 10.2 Å². The SMILES string of the molecule is Cc1c(NC(=O)C2=CC=CC=CC=C2)cnc2ccsc12. The third-order valence-electron chi connectivity index (χ3n) is 3.23. The van der Waals surface area contributed by atoms with E-state index in [2.05, 4.69) is 10.3 Å². The molecule has 4 heteroatoms. The number of nitrogens with one attached hydrogen (secondary N) is 1. The van der Waals surface area contributed by atoms with Crippen molar-refractivity contribution < 1.29 is 4.79 Å². The minimum absolute atomic E-state index is 0.132. The summed E-state index contributed by atoms with van der Waals surface area (Å²) in [5.74, 6) is -0.132. The molecule has 1 N–H and O–H groups in total. The summed E-state index contributed by atoms with van der Waals surface area (Å²) in [5.41, 5.74) is 3.38. The first-order valence-corrected chi connectivity index (χ1v) is 7.49. The molecule has 21 heavy (non-hydrogen) atoms. The fourth-order valence-corrected chi connectivity index (χ4v) is 2.94. The smallest absolute Gasteiger partial charge is 0.255 e. The summed E-state index contributed by atoms with van der Waals surface area (Å²) in [7, 11) is 0. The number of pyridine rings is 1. The molecule has 1 aliphatic rings. The van der Waals surface area contributed by atoms with Crippen molar-refractivity contribution in [1.29, 1.82) is 0 Å². The number of aryl methyl sites for hydroxylation is 1. The third kappa shape index (κ3) is 2.85. The maximum atomic E-state index is 12.3. The van der Waals surface area contributed by atoms with Crippen LogP contribution in [-0.2, 0) is 4.79 Å². The molecule has 1 amide bonds. The van der Waals surface area contributed by atoms with Gasteiger partial charge in [-0.25, -0.2) is 0 Å². The normalized spacial score (nSPS) is 13.9. The molecule has 2 aromatic heterocycles. The molecule has 0 atom stereocenters. The van der Waals surface area contributed by atoms with Gasteiger partial charge in [-0.05, 0) is 36.1 Å². The summed E-state index contributed by atoms with van der Waals surface area (Å²) in [4.78, 5) is 16.7. The molecule has 0 fully saturated rings. The highest BCUT2D eigenvalue weighted by molar-refractivity contribution is 7.17. The highest BCUT2D eigenvalue weighted by Gasteiger charge is 2.11. The van der Waals surface area contributed by atoms with Gasteiger partial charge in [0.2, 0.25) is 0 Å². The van der Waals surface area contributed by atoms with Crippen LogP contribution >= 0.6 is 11.3 Å². The van der Waals surface area contributed by atoms with Crippen molar-refractivity contribution in [2.24, 2.45) is 0 Å². The van der Waals surface area contributed by atoms with Gasteiger partial charge in [0.1, 0.15) is 0 Å². The number of anilines is 1. The van der Waals surface area contributed by atoms with E-state index in [9.17, 15) is 4.79 Å². The van der Waals surface area contributed by atoms with Crippen molar-refractivity contribution in [2.75, 3.05) is 5.32 Å². The Morgan fingerprint density at radius 1 is 1.19 bits per heavy atom. The second-order valence-electron chi connectivity index (χ2n) is 4.64. The molecule has 0 aliphatic heterocycles. The Kier molecular flexibility index (Phi) is 3.79. The van der Waals surface area contributed by atoms with Crippen molar-refractivity contribution in [2.45, 2.75) is 6.92 Å². The molecule has 0 spiro atoms. The van der Waals surface area contributed by atoms with Gasteiger partial charge in [0.05, 0.1) is 22.1 Å². The molecule has 2 aromatic rings. The Bertz CT molecular complexity index is 809. The maximum absolute atomic E-state index is 12.3. The van der Waals surface area contributed by atoms with Crippen molar-refractivity contribution >= 4 is 33.1 Å². The average molecular weight is 294 g/mol. The fourth-order valence-electron chi connectivity index (χ4n) is 2.08. The van der Waals surface area contributed by atoms with Crippen molar-refractivity contribution in [3.05, 3.63) is 71.3 Å². The van der Waals surface area contributed by atoms with Gasteiger partial charge in [0, 0.05) is 5.57 Å². The fraction of sp³-hybridized carbons (Fsp3) is 0.0588. The minimum atomic E-state index is -0.132. The Balaban J connectivity index is 1.87. The number of carbonyl (C=O) groups is 1. The summed E-state index contributed by atoms with van der Waals surface area (Å²) >= 11 is 1.63. The van der Waals surface area contributed by atoms with Crippen LogP contribution in [-0.4, -0.2) is 10.9 Å². The van der Waals surface area contributed by atoms with Crippen molar-refractivity contribution in [3.63, 3.8) is 0 Å². The first-order valence-electron chi connectivity index (χ1n) is 6.61. The van der Waals surface area contributed by atoms with Crippen LogP contribution in [0, 0.1) is 6.92 Å². The monoisotopic (exact) mass is 294 g/mol. The molecule has 0 saturated carbocycles. The van der Waals surface area contributed by atoms with Crippen LogP contribution in [0.4, 0.5) is 5.69 Å². The highest BCUT2D eigenvalue weighted by atomic mass is 32.1. The molecule has 3 rings (SSSR count). The van der Waals surface area contributed by atoms with E-state index in [1.165, 1.54) is 0 Å². The number of fused-ring (bicyclic) bond motifs is 1. The molecule has 2 heterocycles. The summed E-state index contributed by atoms with van der Waals surface area (Å²) in [6, 6.07) is 1.98. The van der Waals surface area contributed by atoms with Gasteiger partial charge in [-0.3, -0.25) is 9.78 Å². The molecule has 3 nitrogen and oxygen atoms in total. The summed E-state index contributed by atoms with van der Waals surface area (Å²) in [6.07, 6.45) is 14.7. The zero-order chi connectivity index (χ0) is 14.7. The number of amides is 1. The molecule has 0 unspecified atom stereocenters. The van der Waals surface area contributed by atoms with Crippen LogP contribution in [0.1, 0.15) is 5.56 Å². The standard InChI is InChI=1S/C17H14N2OS/c1-12-15(11-18-14-9-10-21-16(12)14)19-17(20)13-7-5-3-2-4-6-8-13/h2-11H,1H3,(H,19,20). The minimum Gasteiger partial charge on any atom is -0.320 e. The molecule has 0 aromatic carbocycles. The number of carbonyl (C=O) groups excluding carboxylic acids is 1. The van der Waals surface area contributed by atoms with Crippen LogP contribution in [0.3, 0.4) is 0 Å². The van der Waals surface area contributed by atoms with E-state index < -0.39 is 0 Å². The number of aromatic nitrogens is 1. The van der Waals surface area contributed by atoms with E-state index in [-0.39, 0.29) is 5.91 Å². The molecular weight excluding hydrogens is 280 g/mol. The topological polar surface area (TPSA) is 42.0 Å². The summed E-state index contributed by atoms with van der Waals surface area (Å²) in [6.45, 7) is 2.00. The maximum Gasteiger partial charge on any atom is 0.255 e. The zero-order valence-electron chi connectivity index (χ0n) is 11.5. The first kappa shape index (κ1) is 13.5. The lowest BCUT2D eigenvalue weighted by molar-refractivity contribution is -0.112. The van der Waals surface area contributed by atoms with Gasteiger partial charge < -0.3 is 5.32 Å². The van der Waals surface area contributed by atoms with E-state index >= 15 is 0 Å². The largest absolute Gasteiger partial charge is 0.320 e. The predicted octanol–water partition coefficient (Wildman–Crippen LogP) is 4.15. The van der Waals surface area contributed by atoms with Crippen LogP contribution in [0.2, 0.25) is 0 Å². The molecule has 0 radical (unpaired) electrons. The molecule has 104 valence electrons. The number of hydrogen-bond acceptors (Lipinski definition) is 3. The first-order chi connectivity index (χ1) is 10.3. The molecule has 0 saturated heterocycles. The summed E-state index contributed by atoms with van der Waals surface area (Å²) < 4.78 is 1.11. The lowest BCUT2D eigenvalue weighted by Gasteiger charge is -2.09. The second kappa shape index (κ2) is 5.89. The molecule has 1 aliphatic carbocycles. The van der Waals surface area contributed by atoms with Gasteiger partial charge in [0.25, 0.3) is 5.91 Å². The van der Waals surface area contributed by atoms with Crippen molar-refractivity contribution in [3.8, 4) is 0 Å². The van der Waals surface area contributed by atoms with Gasteiger partial charge in [-0.2, -0.15) is 0 Å².